The highest BCUT2D eigenvalue weighted by Crippen LogP contribution is 2.15. The zero-order chi connectivity index (χ0) is 12.3. The molecule has 92 valence electrons. The Kier molecular flexibility index (Phi) is 3.74. The maximum atomic E-state index is 13.8. The Labute approximate surface area is 99.9 Å². The first-order valence-corrected chi connectivity index (χ1v) is 5.91. The quantitative estimate of drug-likeness (QED) is 0.872. The number of carboxylic acid groups (broad SMARTS) is 1. The van der Waals surface area contributed by atoms with E-state index < -0.39 is 11.8 Å². The van der Waals surface area contributed by atoms with Gasteiger partial charge in [-0.15, -0.1) is 0 Å². The van der Waals surface area contributed by atoms with Gasteiger partial charge < -0.3 is 10.0 Å². The Balaban J connectivity index is 2.04. The van der Waals surface area contributed by atoms with Crippen LogP contribution in [-0.2, 0) is 6.42 Å². The number of halogens is 1. The summed E-state index contributed by atoms with van der Waals surface area (Å²) in [6.45, 7) is 2.94. The van der Waals surface area contributed by atoms with Crippen LogP contribution in [0.5, 0.6) is 0 Å². The fraction of sp³-hybridized carbons (Fsp3) is 0.462. The van der Waals surface area contributed by atoms with Crippen molar-refractivity contribution in [2.75, 3.05) is 19.6 Å². The summed E-state index contributed by atoms with van der Waals surface area (Å²) in [4.78, 5) is 13.1. The van der Waals surface area contributed by atoms with Crippen molar-refractivity contribution < 1.29 is 14.3 Å². The van der Waals surface area contributed by atoms with Gasteiger partial charge in [-0.05, 0) is 44.0 Å². The average Bonchev–Trinajstić information content (AvgIpc) is 2.80. The lowest BCUT2D eigenvalue weighted by Crippen LogP contribution is -2.22. The molecule has 0 radical (unpaired) electrons. The van der Waals surface area contributed by atoms with Crippen LogP contribution >= 0.6 is 0 Å². The van der Waals surface area contributed by atoms with Gasteiger partial charge in [0.15, 0.2) is 0 Å². The molecule has 2 rings (SSSR count). The number of aromatic carboxylic acids is 1. The zero-order valence-corrected chi connectivity index (χ0v) is 9.66. The van der Waals surface area contributed by atoms with Crippen molar-refractivity contribution in [1.82, 2.24) is 4.90 Å². The van der Waals surface area contributed by atoms with Crippen LogP contribution in [0.1, 0.15) is 28.8 Å². The minimum atomic E-state index is -1.20. The molecule has 1 N–H and O–H groups in total. The SMILES string of the molecule is O=C(O)c1cccc(CCN2CCCC2)c1F. The number of rotatable bonds is 4. The monoisotopic (exact) mass is 237 g/mol. The van der Waals surface area contributed by atoms with E-state index in [9.17, 15) is 9.18 Å². The molecule has 0 aliphatic carbocycles. The summed E-state index contributed by atoms with van der Waals surface area (Å²) in [5, 5.41) is 8.82. The second-order valence-electron chi connectivity index (χ2n) is 4.38. The lowest BCUT2D eigenvalue weighted by molar-refractivity contribution is 0.0691. The minimum Gasteiger partial charge on any atom is -0.478 e. The zero-order valence-electron chi connectivity index (χ0n) is 9.66. The minimum absolute atomic E-state index is 0.232. The molecule has 4 heteroatoms. The van der Waals surface area contributed by atoms with Crippen LogP contribution in [0.2, 0.25) is 0 Å². The van der Waals surface area contributed by atoms with Gasteiger partial charge in [-0.3, -0.25) is 0 Å². The van der Waals surface area contributed by atoms with E-state index in [0.717, 1.165) is 19.6 Å². The van der Waals surface area contributed by atoms with E-state index >= 15 is 0 Å². The van der Waals surface area contributed by atoms with Crippen LogP contribution in [0, 0.1) is 5.82 Å². The maximum Gasteiger partial charge on any atom is 0.338 e. The Morgan fingerprint density at radius 1 is 1.35 bits per heavy atom. The predicted molar refractivity (Wildman–Crippen MR) is 62.7 cm³/mol. The third kappa shape index (κ3) is 2.82. The van der Waals surface area contributed by atoms with Gasteiger partial charge in [0.05, 0.1) is 5.56 Å². The molecule has 1 aliphatic heterocycles. The first kappa shape index (κ1) is 12.0. The van der Waals surface area contributed by atoms with Gasteiger partial charge in [0.2, 0.25) is 0 Å². The van der Waals surface area contributed by atoms with E-state index in [0.29, 0.717) is 12.0 Å². The third-order valence-electron chi connectivity index (χ3n) is 3.21. The van der Waals surface area contributed by atoms with Gasteiger partial charge >= 0.3 is 5.97 Å². The number of benzene rings is 1. The fourth-order valence-corrected chi connectivity index (χ4v) is 2.22. The van der Waals surface area contributed by atoms with Gasteiger partial charge in [0.25, 0.3) is 0 Å². The number of carbonyl (C=O) groups is 1. The predicted octanol–water partition coefficient (Wildman–Crippen LogP) is 2.16. The summed E-state index contributed by atoms with van der Waals surface area (Å²) >= 11 is 0. The van der Waals surface area contributed by atoms with E-state index in [4.69, 9.17) is 5.11 Å². The van der Waals surface area contributed by atoms with Crippen molar-refractivity contribution in [3.8, 4) is 0 Å². The molecule has 1 saturated heterocycles. The first-order valence-electron chi connectivity index (χ1n) is 5.91. The molecule has 1 aromatic carbocycles. The van der Waals surface area contributed by atoms with Gasteiger partial charge in [-0.25, -0.2) is 9.18 Å². The Morgan fingerprint density at radius 3 is 2.71 bits per heavy atom. The second-order valence-corrected chi connectivity index (χ2v) is 4.38. The molecule has 0 unspecified atom stereocenters. The van der Waals surface area contributed by atoms with Crippen molar-refractivity contribution in [1.29, 1.82) is 0 Å². The Morgan fingerprint density at radius 2 is 2.06 bits per heavy atom. The molecule has 1 aliphatic rings. The Hall–Kier alpha value is -1.42. The Bertz CT molecular complexity index is 414. The number of carboxylic acids is 1. The van der Waals surface area contributed by atoms with Crippen LogP contribution in [0.15, 0.2) is 18.2 Å². The molecule has 3 nitrogen and oxygen atoms in total. The van der Waals surface area contributed by atoms with Gasteiger partial charge in [-0.2, -0.15) is 0 Å². The number of hydrogen-bond acceptors (Lipinski definition) is 2. The molecule has 0 amide bonds. The van der Waals surface area contributed by atoms with Crippen LogP contribution in [0.25, 0.3) is 0 Å². The standard InChI is InChI=1S/C13H16FNO2/c14-12-10(4-3-5-11(12)13(16)17)6-9-15-7-1-2-8-15/h3-5H,1-2,6-9H2,(H,16,17). The van der Waals surface area contributed by atoms with Crippen LogP contribution in [0.3, 0.4) is 0 Å². The van der Waals surface area contributed by atoms with E-state index in [2.05, 4.69) is 4.90 Å². The summed E-state index contributed by atoms with van der Waals surface area (Å²) in [7, 11) is 0. The largest absolute Gasteiger partial charge is 0.478 e. The number of nitrogens with zero attached hydrogens (tertiary/aromatic N) is 1. The first-order chi connectivity index (χ1) is 8.18. The van der Waals surface area contributed by atoms with Crippen LogP contribution in [-0.4, -0.2) is 35.6 Å². The average molecular weight is 237 g/mol. The van der Waals surface area contributed by atoms with Crippen LogP contribution in [0.4, 0.5) is 4.39 Å². The van der Waals surface area contributed by atoms with Crippen molar-refractivity contribution in [2.45, 2.75) is 19.3 Å². The summed E-state index contributed by atoms with van der Waals surface area (Å²) < 4.78 is 13.8. The summed E-state index contributed by atoms with van der Waals surface area (Å²) in [6.07, 6.45) is 2.99. The van der Waals surface area contributed by atoms with E-state index in [1.54, 1.807) is 12.1 Å². The molecule has 0 bridgehead atoms. The summed E-state index contributed by atoms with van der Waals surface area (Å²) in [5.74, 6) is -1.79. The number of likely N-dealkylation sites (tertiary alicyclic amines) is 1. The van der Waals surface area contributed by atoms with Gasteiger partial charge in [0.1, 0.15) is 5.82 Å². The molecule has 0 saturated carbocycles. The van der Waals surface area contributed by atoms with Crippen molar-refractivity contribution >= 4 is 5.97 Å². The fourth-order valence-electron chi connectivity index (χ4n) is 2.22. The van der Waals surface area contributed by atoms with E-state index in [1.807, 2.05) is 0 Å². The molecule has 17 heavy (non-hydrogen) atoms. The summed E-state index contributed by atoms with van der Waals surface area (Å²) in [6, 6.07) is 4.57. The van der Waals surface area contributed by atoms with Crippen molar-refractivity contribution in [3.05, 3.63) is 35.1 Å². The second kappa shape index (κ2) is 5.27. The number of hydrogen-bond donors (Lipinski definition) is 1. The smallest absolute Gasteiger partial charge is 0.338 e. The topological polar surface area (TPSA) is 40.5 Å². The highest BCUT2D eigenvalue weighted by molar-refractivity contribution is 5.88. The summed E-state index contributed by atoms with van der Waals surface area (Å²) in [5.41, 5.74) is 0.265. The van der Waals surface area contributed by atoms with Gasteiger partial charge in [0, 0.05) is 6.54 Å². The molecule has 1 fully saturated rings. The van der Waals surface area contributed by atoms with Gasteiger partial charge in [-0.1, -0.05) is 12.1 Å². The van der Waals surface area contributed by atoms with Crippen molar-refractivity contribution in [2.24, 2.45) is 0 Å². The third-order valence-corrected chi connectivity index (χ3v) is 3.21. The van der Waals surface area contributed by atoms with E-state index in [-0.39, 0.29) is 5.56 Å². The molecule has 1 aromatic rings. The normalized spacial score (nSPS) is 16.3. The molecule has 1 heterocycles. The van der Waals surface area contributed by atoms with E-state index in [1.165, 1.54) is 18.9 Å². The molecule has 0 atom stereocenters. The lowest BCUT2D eigenvalue weighted by Gasteiger charge is -2.14. The van der Waals surface area contributed by atoms with Crippen molar-refractivity contribution in [3.63, 3.8) is 0 Å². The highest BCUT2D eigenvalue weighted by atomic mass is 19.1. The molecular formula is C13H16FNO2. The maximum absolute atomic E-state index is 13.8. The molecule has 0 spiro atoms. The lowest BCUT2D eigenvalue weighted by atomic mass is 10.1. The molecule has 0 aromatic heterocycles. The van der Waals surface area contributed by atoms with Crippen LogP contribution < -0.4 is 0 Å². The highest BCUT2D eigenvalue weighted by Gasteiger charge is 2.15. The molecular weight excluding hydrogens is 221 g/mol.